The molecule has 0 bridgehead atoms. The molecular weight excluding hydrogens is 583 g/mol. The van der Waals surface area contributed by atoms with E-state index >= 15 is 13.2 Å². The van der Waals surface area contributed by atoms with Crippen LogP contribution in [-0.2, 0) is 9.59 Å². The van der Waals surface area contributed by atoms with Crippen molar-refractivity contribution in [3.05, 3.63) is 77.1 Å². The highest BCUT2D eigenvalue weighted by atomic mass is 19.3. The molecule has 2 aliphatic heterocycles. The van der Waals surface area contributed by atoms with E-state index in [4.69, 9.17) is 4.74 Å². The number of nitrogens with one attached hydrogen (secondary N) is 1. The van der Waals surface area contributed by atoms with Crippen LogP contribution in [0.25, 0.3) is 0 Å². The van der Waals surface area contributed by atoms with Crippen LogP contribution in [0.15, 0.2) is 48.5 Å². The molecule has 1 unspecified atom stereocenters. The summed E-state index contributed by atoms with van der Waals surface area (Å²) in [6.07, 6.45) is -1.16. The molecule has 3 heterocycles. The lowest BCUT2D eigenvalue weighted by atomic mass is 9.92. The molecule has 2 aliphatic rings. The number of rotatable bonds is 8. The lowest BCUT2D eigenvalue weighted by Crippen LogP contribution is -2.44. The van der Waals surface area contributed by atoms with Crippen molar-refractivity contribution < 1.29 is 50.9 Å². The molecule has 15 heteroatoms. The van der Waals surface area contributed by atoms with Gasteiger partial charge in [0.15, 0.2) is 11.6 Å². The quantitative estimate of drug-likeness (QED) is 0.378. The van der Waals surface area contributed by atoms with E-state index in [0.717, 1.165) is 52.3 Å². The number of methoxy groups -OCH3 is 1. The third-order valence-electron chi connectivity index (χ3n) is 7.12. The summed E-state index contributed by atoms with van der Waals surface area (Å²) < 4.78 is 79.7. The maximum absolute atomic E-state index is 15.2. The zero-order chi connectivity index (χ0) is 31.0. The summed E-state index contributed by atoms with van der Waals surface area (Å²) >= 11 is 0. The van der Waals surface area contributed by atoms with Gasteiger partial charge < -0.3 is 19.9 Å². The predicted molar refractivity (Wildman–Crippen MR) is 140 cm³/mol. The minimum absolute atomic E-state index is 0.0669. The largest absolute Gasteiger partial charge is 0.497 e. The van der Waals surface area contributed by atoms with E-state index in [1.165, 1.54) is 13.2 Å². The number of alkyl halides is 2. The van der Waals surface area contributed by atoms with Gasteiger partial charge in [0.1, 0.15) is 41.1 Å². The van der Waals surface area contributed by atoms with E-state index in [1.54, 1.807) is 0 Å². The Balaban J connectivity index is 1.51. The molecule has 3 aromatic rings. The molecule has 2 aromatic carbocycles. The third-order valence-corrected chi connectivity index (χ3v) is 7.12. The molecule has 2 fully saturated rings. The van der Waals surface area contributed by atoms with E-state index in [0.29, 0.717) is 0 Å². The molecule has 5 rings (SSSR count). The number of aliphatic hydroxyl groups excluding tert-OH is 1. The molecule has 0 radical (unpaired) electrons. The number of anilines is 2. The third kappa shape index (κ3) is 5.80. The summed E-state index contributed by atoms with van der Waals surface area (Å²) in [5.41, 5.74) is -0.684. The Bertz CT molecular complexity index is 1550. The van der Waals surface area contributed by atoms with Gasteiger partial charge in [-0.2, -0.15) is 8.78 Å². The predicted octanol–water partition coefficient (Wildman–Crippen LogP) is 3.14. The molecule has 0 spiro atoms. The van der Waals surface area contributed by atoms with Gasteiger partial charge in [-0.15, -0.1) is 0 Å². The maximum atomic E-state index is 15.2. The van der Waals surface area contributed by atoms with Crippen molar-refractivity contribution in [2.24, 2.45) is 0 Å². The standard InChI is InChI=1S/C28H23F5N4O6/c1-42-15-10-18(30)22(19(31)11-15)16-12-37(24-17(29)6-7-21(34-24)36-9-8-20(38)26(36)40)27(41)23(16)35-25(39)13-2-4-14(5-3-13)43-28(32)33/h2-7,10-11,16,20,23,28,38H,8-9,12H2,1H3,(H,35,39)/t16-,20?,23-/m0/s1. The average Bonchev–Trinajstić information content (AvgIpc) is 3.46. The van der Waals surface area contributed by atoms with Crippen molar-refractivity contribution in [1.29, 1.82) is 0 Å². The summed E-state index contributed by atoms with van der Waals surface area (Å²) in [7, 11) is 1.20. The van der Waals surface area contributed by atoms with Crippen molar-refractivity contribution >= 4 is 29.4 Å². The topological polar surface area (TPSA) is 121 Å². The molecular formula is C28H23F5N4O6. The van der Waals surface area contributed by atoms with Crippen LogP contribution in [0.1, 0.15) is 28.3 Å². The maximum Gasteiger partial charge on any atom is 0.387 e. The van der Waals surface area contributed by atoms with Crippen LogP contribution in [0.3, 0.4) is 0 Å². The van der Waals surface area contributed by atoms with E-state index in [9.17, 15) is 28.3 Å². The number of aromatic nitrogens is 1. The fourth-order valence-electron chi connectivity index (χ4n) is 5.04. The first kappa shape index (κ1) is 29.7. The molecule has 1 aromatic heterocycles. The van der Waals surface area contributed by atoms with Gasteiger partial charge in [-0.3, -0.25) is 24.2 Å². The van der Waals surface area contributed by atoms with Gasteiger partial charge in [0.25, 0.3) is 17.7 Å². The van der Waals surface area contributed by atoms with Crippen LogP contribution in [-0.4, -0.2) is 66.8 Å². The minimum Gasteiger partial charge on any atom is -0.497 e. The van der Waals surface area contributed by atoms with Gasteiger partial charge in [-0.25, -0.2) is 18.2 Å². The van der Waals surface area contributed by atoms with E-state index in [-0.39, 0.29) is 35.8 Å². The first-order valence-corrected chi connectivity index (χ1v) is 12.8. The number of aliphatic hydroxyl groups is 1. The number of halogens is 5. The van der Waals surface area contributed by atoms with Gasteiger partial charge >= 0.3 is 6.61 Å². The Morgan fingerprint density at radius 2 is 1.65 bits per heavy atom. The number of pyridine rings is 1. The zero-order valence-electron chi connectivity index (χ0n) is 22.3. The smallest absolute Gasteiger partial charge is 0.387 e. The average molecular weight is 607 g/mol. The number of hydrogen-bond donors (Lipinski definition) is 2. The van der Waals surface area contributed by atoms with Gasteiger partial charge in [-0.1, -0.05) is 0 Å². The Labute approximate surface area is 240 Å². The summed E-state index contributed by atoms with van der Waals surface area (Å²) in [5.74, 6) is -8.15. The second kappa shape index (κ2) is 11.8. The SMILES string of the molecule is COc1cc(F)c([C@@H]2CN(c3nc(N4CCC(O)C4=O)ccc3F)C(=O)[C@H]2NC(=O)c2ccc(OC(F)F)cc2)c(F)c1. The fourth-order valence-corrected chi connectivity index (χ4v) is 5.04. The highest BCUT2D eigenvalue weighted by Crippen LogP contribution is 2.37. The Morgan fingerprint density at radius 3 is 2.23 bits per heavy atom. The molecule has 3 amide bonds. The fraction of sp³-hybridized carbons (Fsp3) is 0.286. The molecule has 2 saturated heterocycles. The van der Waals surface area contributed by atoms with E-state index in [2.05, 4.69) is 15.0 Å². The molecule has 0 aliphatic carbocycles. The number of amides is 3. The molecule has 226 valence electrons. The van der Waals surface area contributed by atoms with Gasteiger partial charge in [0.05, 0.1) is 7.11 Å². The van der Waals surface area contributed by atoms with Crippen LogP contribution >= 0.6 is 0 Å². The number of benzene rings is 2. The summed E-state index contributed by atoms with van der Waals surface area (Å²) in [4.78, 5) is 45.1. The van der Waals surface area contributed by atoms with Crippen LogP contribution in [0.4, 0.5) is 33.6 Å². The Morgan fingerprint density at radius 1 is 0.977 bits per heavy atom. The van der Waals surface area contributed by atoms with Crippen molar-refractivity contribution in [1.82, 2.24) is 10.3 Å². The van der Waals surface area contributed by atoms with Crippen LogP contribution in [0, 0.1) is 17.5 Å². The van der Waals surface area contributed by atoms with E-state index in [1.807, 2.05) is 0 Å². The second-order valence-electron chi connectivity index (χ2n) is 9.68. The number of ether oxygens (including phenoxy) is 2. The second-order valence-corrected chi connectivity index (χ2v) is 9.68. The minimum atomic E-state index is -3.10. The van der Waals surface area contributed by atoms with Crippen molar-refractivity contribution in [2.45, 2.75) is 31.1 Å². The molecule has 43 heavy (non-hydrogen) atoms. The van der Waals surface area contributed by atoms with Crippen molar-refractivity contribution in [2.75, 3.05) is 30.0 Å². The van der Waals surface area contributed by atoms with Crippen LogP contribution < -0.4 is 24.6 Å². The highest BCUT2D eigenvalue weighted by Gasteiger charge is 2.46. The number of nitrogens with zero attached hydrogens (tertiary/aromatic N) is 3. The van der Waals surface area contributed by atoms with Crippen LogP contribution in [0.2, 0.25) is 0 Å². The molecule has 0 saturated carbocycles. The Hall–Kier alpha value is -4.79. The molecule has 10 nitrogen and oxygen atoms in total. The van der Waals surface area contributed by atoms with Crippen molar-refractivity contribution in [3.8, 4) is 11.5 Å². The lowest BCUT2D eigenvalue weighted by molar-refractivity contribution is -0.124. The first-order chi connectivity index (χ1) is 20.5. The lowest BCUT2D eigenvalue weighted by Gasteiger charge is -2.20. The van der Waals surface area contributed by atoms with Gasteiger partial charge in [0, 0.05) is 48.7 Å². The highest BCUT2D eigenvalue weighted by molar-refractivity contribution is 6.05. The number of carbonyl (C=O) groups is 3. The molecule has 3 atom stereocenters. The number of hydrogen-bond acceptors (Lipinski definition) is 7. The first-order valence-electron chi connectivity index (χ1n) is 12.8. The van der Waals surface area contributed by atoms with E-state index < -0.39 is 77.8 Å². The summed E-state index contributed by atoms with van der Waals surface area (Å²) in [5, 5.41) is 12.2. The van der Waals surface area contributed by atoms with Crippen LogP contribution in [0.5, 0.6) is 11.5 Å². The normalized spacial score (nSPS) is 20.2. The van der Waals surface area contributed by atoms with Crippen molar-refractivity contribution in [3.63, 3.8) is 0 Å². The molecule has 2 N–H and O–H groups in total. The summed E-state index contributed by atoms with van der Waals surface area (Å²) in [6, 6.07) is 6.71. The monoisotopic (exact) mass is 606 g/mol. The zero-order valence-corrected chi connectivity index (χ0v) is 22.3. The summed E-state index contributed by atoms with van der Waals surface area (Å²) in [6.45, 7) is -3.55. The Kier molecular flexibility index (Phi) is 8.17. The van der Waals surface area contributed by atoms with Gasteiger partial charge in [-0.05, 0) is 36.4 Å². The number of carbonyl (C=O) groups excluding carboxylic acids is 3. The van der Waals surface area contributed by atoms with Gasteiger partial charge in [0.2, 0.25) is 0 Å².